The molecule has 0 aliphatic heterocycles. The molecular weight excluding hydrogens is 374 g/mol. The second-order valence-corrected chi connectivity index (χ2v) is 8.09. The summed E-state index contributed by atoms with van der Waals surface area (Å²) in [5.74, 6) is -0.607. The van der Waals surface area contributed by atoms with Crippen LogP contribution >= 0.6 is 0 Å². The van der Waals surface area contributed by atoms with Crippen LogP contribution in [0.15, 0.2) is 79.1 Å². The number of aromatic nitrogens is 1. The maximum Gasteiger partial charge on any atom is 0.228 e. The van der Waals surface area contributed by atoms with Gasteiger partial charge >= 0.3 is 0 Å². The number of carbonyl (C=O) groups excluding carboxylic acids is 2. The number of carbonyl (C=O) groups is 2. The first-order chi connectivity index (χ1) is 14.7. The first-order valence-corrected chi connectivity index (χ1v) is 10.3. The van der Waals surface area contributed by atoms with Crippen LogP contribution in [-0.4, -0.2) is 16.8 Å². The van der Waals surface area contributed by atoms with Crippen molar-refractivity contribution in [1.82, 2.24) is 10.3 Å². The third-order valence-corrected chi connectivity index (χ3v) is 6.30. The molecule has 1 heterocycles. The van der Waals surface area contributed by atoms with Gasteiger partial charge in [0.15, 0.2) is 0 Å². The van der Waals surface area contributed by atoms with E-state index in [0.717, 1.165) is 28.4 Å². The molecule has 0 radical (unpaired) electrons. The average Bonchev–Trinajstić information content (AvgIpc) is 3.40. The van der Waals surface area contributed by atoms with Crippen LogP contribution < -0.4 is 10.6 Å². The van der Waals surface area contributed by atoms with Crippen LogP contribution in [0.2, 0.25) is 0 Å². The summed E-state index contributed by atoms with van der Waals surface area (Å²) in [6.07, 6.45) is 8.51. The van der Waals surface area contributed by atoms with Gasteiger partial charge in [0.1, 0.15) is 0 Å². The zero-order valence-electron chi connectivity index (χ0n) is 16.5. The first-order valence-electron chi connectivity index (χ1n) is 10.3. The third-order valence-electron chi connectivity index (χ3n) is 6.30. The summed E-state index contributed by atoms with van der Waals surface area (Å²) in [5.41, 5.74) is 1.74. The Bertz CT molecular complexity index is 1120. The smallest absolute Gasteiger partial charge is 0.228 e. The molecular formula is C25H23N3O2. The number of fused-ring (bicyclic) bond motifs is 3. The first kappa shape index (κ1) is 18.6. The van der Waals surface area contributed by atoms with E-state index in [1.807, 2.05) is 54.6 Å². The zero-order chi connectivity index (χ0) is 20.5. The minimum atomic E-state index is -0.354. The highest BCUT2D eigenvalue weighted by atomic mass is 16.2. The van der Waals surface area contributed by atoms with E-state index in [1.165, 1.54) is 0 Å². The number of hydrogen-bond donors (Lipinski definition) is 2. The molecule has 1 fully saturated rings. The molecule has 5 nitrogen and oxygen atoms in total. The van der Waals surface area contributed by atoms with Gasteiger partial charge in [0.2, 0.25) is 11.8 Å². The number of hydrogen-bond acceptors (Lipinski definition) is 3. The van der Waals surface area contributed by atoms with Gasteiger partial charge in [0.25, 0.3) is 0 Å². The monoisotopic (exact) mass is 397 g/mol. The minimum Gasteiger partial charge on any atom is -0.352 e. The predicted molar refractivity (Wildman–Crippen MR) is 116 cm³/mol. The van der Waals surface area contributed by atoms with Gasteiger partial charge in [-0.05, 0) is 41.3 Å². The van der Waals surface area contributed by atoms with Crippen molar-refractivity contribution in [2.75, 3.05) is 5.32 Å². The van der Waals surface area contributed by atoms with E-state index in [4.69, 9.17) is 0 Å². The van der Waals surface area contributed by atoms with E-state index in [-0.39, 0.29) is 35.5 Å². The molecule has 4 atom stereocenters. The quantitative estimate of drug-likeness (QED) is 0.641. The lowest BCUT2D eigenvalue weighted by Gasteiger charge is -2.26. The van der Waals surface area contributed by atoms with Gasteiger partial charge in [-0.2, -0.15) is 0 Å². The number of nitrogens with one attached hydrogen (secondary N) is 2. The van der Waals surface area contributed by atoms with Gasteiger partial charge in [-0.15, -0.1) is 0 Å². The molecule has 1 aromatic heterocycles. The number of rotatable bonds is 5. The number of anilines is 1. The van der Waals surface area contributed by atoms with Gasteiger partial charge in [-0.1, -0.05) is 54.6 Å². The molecule has 0 unspecified atom stereocenters. The highest BCUT2D eigenvalue weighted by Gasteiger charge is 2.51. The summed E-state index contributed by atoms with van der Waals surface area (Å²) in [6.45, 7) is 0.419. The van der Waals surface area contributed by atoms with E-state index in [2.05, 4.69) is 27.8 Å². The normalized spacial score (nSPS) is 24.1. The predicted octanol–water partition coefficient (Wildman–Crippen LogP) is 3.93. The molecule has 2 aliphatic rings. The van der Waals surface area contributed by atoms with Crippen LogP contribution in [0.5, 0.6) is 0 Å². The second-order valence-electron chi connectivity index (χ2n) is 8.09. The Morgan fingerprint density at radius 3 is 2.47 bits per heavy atom. The number of pyridine rings is 1. The summed E-state index contributed by atoms with van der Waals surface area (Å²) >= 11 is 0. The fourth-order valence-corrected chi connectivity index (χ4v) is 4.90. The van der Waals surface area contributed by atoms with Crippen molar-refractivity contribution < 1.29 is 9.59 Å². The van der Waals surface area contributed by atoms with Crippen LogP contribution in [0.1, 0.15) is 12.0 Å². The highest BCUT2D eigenvalue weighted by Crippen LogP contribution is 2.48. The Kier molecular flexibility index (Phi) is 4.79. The molecule has 5 rings (SSSR count). The number of allylic oxidation sites excluding steroid dienone is 2. The molecule has 5 heteroatoms. The van der Waals surface area contributed by atoms with Crippen molar-refractivity contribution in [1.29, 1.82) is 0 Å². The standard InChI is InChI=1S/C25H23N3O2/c29-24(27-15-16-5-4-12-26-14-16)22-18-10-11-19(13-18)23(22)25(30)28-21-9-3-7-17-6-1-2-8-20(17)21/h1-12,14,18-19,22-23H,13,15H2,(H,27,29)(H,28,30)/t18-,19-,22+,23-/m1/s1. The number of nitrogens with zero attached hydrogens (tertiary/aromatic N) is 1. The van der Waals surface area contributed by atoms with Crippen molar-refractivity contribution >= 4 is 28.3 Å². The molecule has 0 saturated heterocycles. The molecule has 0 spiro atoms. The molecule has 2 amide bonds. The Hall–Kier alpha value is -3.47. The van der Waals surface area contributed by atoms with Gasteiger partial charge in [0, 0.05) is 30.0 Å². The Balaban J connectivity index is 1.35. The van der Waals surface area contributed by atoms with E-state index in [9.17, 15) is 9.59 Å². The van der Waals surface area contributed by atoms with E-state index in [1.54, 1.807) is 12.4 Å². The van der Waals surface area contributed by atoms with Gasteiger partial charge in [-0.25, -0.2) is 0 Å². The van der Waals surface area contributed by atoms with Gasteiger partial charge in [-0.3, -0.25) is 14.6 Å². The molecule has 3 aromatic rings. The molecule has 2 bridgehead atoms. The average molecular weight is 397 g/mol. The molecule has 30 heavy (non-hydrogen) atoms. The largest absolute Gasteiger partial charge is 0.352 e. The van der Waals surface area contributed by atoms with Crippen molar-refractivity contribution in [3.8, 4) is 0 Å². The van der Waals surface area contributed by atoms with E-state index in [0.29, 0.717) is 6.54 Å². The molecule has 2 N–H and O–H groups in total. The third kappa shape index (κ3) is 3.36. The maximum atomic E-state index is 13.3. The van der Waals surface area contributed by atoms with E-state index < -0.39 is 0 Å². The van der Waals surface area contributed by atoms with E-state index >= 15 is 0 Å². The van der Waals surface area contributed by atoms with Crippen molar-refractivity contribution in [2.45, 2.75) is 13.0 Å². The lowest BCUT2D eigenvalue weighted by Crippen LogP contribution is -2.41. The van der Waals surface area contributed by atoms with Crippen molar-refractivity contribution in [2.24, 2.45) is 23.7 Å². The molecule has 2 aromatic carbocycles. The summed E-state index contributed by atoms with van der Waals surface area (Å²) in [4.78, 5) is 30.4. The summed E-state index contributed by atoms with van der Waals surface area (Å²) in [6, 6.07) is 17.6. The lowest BCUT2D eigenvalue weighted by molar-refractivity contribution is -0.133. The van der Waals surface area contributed by atoms with Crippen molar-refractivity contribution in [3.63, 3.8) is 0 Å². The lowest BCUT2D eigenvalue weighted by atomic mass is 9.81. The number of benzene rings is 2. The number of amides is 2. The minimum absolute atomic E-state index is 0.0613. The summed E-state index contributed by atoms with van der Waals surface area (Å²) < 4.78 is 0. The molecule has 1 saturated carbocycles. The zero-order valence-corrected chi connectivity index (χ0v) is 16.5. The van der Waals surface area contributed by atoms with Gasteiger partial charge in [0.05, 0.1) is 11.8 Å². The van der Waals surface area contributed by atoms with Crippen LogP contribution in [0, 0.1) is 23.7 Å². The second kappa shape index (κ2) is 7.75. The molecule has 150 valence electrons. The summed E-state index contributed by atoms with van der Waals surface area (Å²) in [7, 11) is 0. The van der Waals surface area contributed by atoms with Crippen LogP contribution in [-0.2, 0) is 16.1 Å². The highest BCUT2D eigenvalue weighted by molar-refractivity contribution is 6.04. The fraction of sp³-hybridized carbons (Fsp3) is 0.240. The Morgan fingerprint density at radius 2 is 1.67 bits per heavy atom. The Morgan fingerprint density at radius 1 is 0.900 bits per heavy atom. The topological polar surface area (TPSA) is 71.1 Å². The summed E-state index contributed by atoms with van der Waals surface area (Å²) in [5, 5.41) is 8.20. The maximum absolute atomic E-state index is 13.3. The van der Waals surface area contributed by atoms with Crippen molar-refractivity contribution in [3.05, 3.63) is 84.7 Å². The molecule has 2 aliphatic carbocycles. The van der Waals surface area contributed by atoms with Gasteiger partial charge < -0.3 is 10.6 Å². The fourth-order valence-electron chi connectivity index (χ4n) is 4.90. The SMILES string of the molecule is O=C(NCc1cccnc1)[C@@H]1[C@H](C(=O)Nc2cccc3ccccc23)[C@@H]2C=C[C@@H]1C2. The van der Waals surface area contributed by atoms with Crippen LogP contribution in [0.25, 0.3) is 10.8 Å². The van der Waals surface area contributed by atoms with Crippen LogP contribution in [0.4, 0.5) is 5.69 Å². The van der Waals surface area contributed by atoms with Crippen LogP contribution in [0.3, 0.4) is 0 Å². The Labute approximate surface area is 175 Å².